The van der Waals surface area contributed by atoms with E-state index in [0.29, 0.717) is 0 Å². The highest BCUT2D eigenvalue weighted by Gasteiger charge is 2.38. The molecular formula is C24H34N2O6S3. The number of nitrogens with zero attached hydrogens (tertiary/aromatic N) is 1. The van der Waals surface area contributed by atoms with Gasteiger partial charge in [-0.1, -0.05) is 52.0 Å². The van der Waals surface area contributed by atoms with Crippen molar-refractivity contribution in [3.63, 3.8) is 0 Å². The van der Waals surface area contributed by atoms with Crippen molar-refractivity contribution in [3.8, 4) is 0 Å². The summed E-state index contributed by atoms with van der Waals surface area (Å²) < 4.78 is 80.3. The molecule has 0 spiro atoms. The van der Waals surface area contributed by atoms with Gasteiger partial charge >= 0.3 is 0 Å². The number of nitrogens with one attached hydrogen (secondary N) is 1. The molecule has 194 valence electrons. The maximum atomic E-state index is 13.5. The van der Waals surface area contributed by atoms with Crippen LogP contribution in [0.2, 0.25) is 0 Å². The second-order valence-electron chi connectivity index (χ2n) is 9.52. The van der Waals surface area contributed by atoms with Crippen LogP contribution in [0.25, 0.3) is 0 Å². The maximum absolute atomic E-state index is 13.5. The molecule has 0 aromatic heterocycles. The Balaban J connectivity index is 1.81. The molecule has 1 aliphatic heterocycles. The number of hydrogen-bond donors (Lipinski definition) is 1. The summed E-state index contributed by atoms with van der Waals surface area (Å²) in [5, 5.41) is 0. The number of hydrogen-bond acceptors (Lipinski definition) is 6. The van der Waals surface area contributed by atoms with Crippen molar-refractivity contribution in [1.82, 2.24) is 9.03 Å². The van der Waals surface area contributed by atoms with Gasteiger partial charge in [0.15, 0.2) is 9.84 Å². The zero-order valence-corrected chi connectivity index (χ0v) is 23.0. The lowest BCUT2D eigenvalue weighted by Gasteiger charge is -2.27. The van der Waals surface area contributed by atoms with Crippen LogP contribution in [0.1, 0.15) is 57.1 Å². The predicted molar refractivity (Wildman–Crippen MR) is 137 cm³/mol. The molecule has 1 saturated heterocycles. The Morgan fingerprint density at radius 2 is 1.34 bits per heavy atom. The van der Waals surface area contributed by atoms with E-state index in [4.69, 9.17) is 0 Å². The summed E-state index contributed by atoms with van der Waals surface area (Å²) >= 11 is 0. The Bertz CT molecular complexity index is 1330. The van der Waals surface area contributed by atoms with E-state index in [1.807, 2.05) is 27.7 Å². The first kappa shape index (κ1) is 27.8. The third-order valence-electron chi connectivity index (χ3n) is 6.25. The topological polar surface area (TPSA) is 118 Å². The molecule has 1 atom stereocenters. The molecule has 0 saturated carbocycles. The van der Waals surface area contributed by atoms with E-state index in [2.05, 4.69) is 4.72 Å². The average Bonchev–Trinajstić information content (AvgIpc) is 3.15. The summed E-state index contributed by atoms with van der Waals surface area (Å²) in [5.41, 5.74) is 1.99. The third-order valence-corrected chi connectivity index (χ3v) is 11.4. The van der Waals surface area contributed by atoms with Crippen LogP contribution in [0.4, 0.5) is 0 Å². The number of rotatable bonds is 10. The highest BCUT2D eigenvalue weighted by atomic mass is 32.2. The molecule has 0 aliphatic carbocycles. The quantitative estimate of drug-likeness (QED) is 0.493. The molecule has 35 heavy (non-hydrogen) atoms. The fourth-order valence-corrected chi connectivity index (χ4v) is 8.57. The molecule has 2 aromatic rings. The summed E-state index contributed by atoms with van der Waals surface area (Å²) in [6.07, 6.45) is 0.176. The van der Waals surface area contributed by atoms with Gasteiger partial charge in [-0.2, -0.15) is 4.31 Å². The second kappa shape index (κ2) is 10.7. The molecule has 1 N–H and O–H groups in total. The summed E-state index contributed by atoms with van der Waals surface area (Å²) in [5.74, 6) is 0.117. The minimum atomic E-state index is -4.04. The first-order chi connectivity index (χ1) is 16.2. The molecule has 0 bridgehead atoms. The van der Waals surface area contributed by atoms with Gasteiger partial charge in [-0.3, -0.25) is 0 Å². The van der Waals surface area contributed by atoms with Crippen molar-refractivity contribution in [2.75, 3.05) is 24.6 Å². The molecule has 3 rings (SSSR count). The zero-order chi connectivity index (χ0) is 26.0. The van der Waals surface area contributed by atoms with Crippen molar-refractivity contribution >= 4 is 29.9 Å². The maximum Gasteiger partial charge on any atom is 0.243 e. The Hall–Kier alpha value is -1.79. The van der Waals surface area contributed by atoms with Crippen molar-refractivity contribution in [2.45, 2.75) is 61.8 Å². The van der Waals surface area contributed by atoms with Gasteiger partial charge in [-0.05, 0) is 53.6 Å². The van der Waals surface area contributed by atoms with E-state index < -0.39 is 35.9 Å². The van der Waals surface area contributed by atoms with Gasteiger partial charge < -0.3 is 0 Å². The summed E-state index contributed by atoms with van der Waals surface area (Å²) in [4.78, 5) is 0.141. The van der Waals surface area contributed by atoms with Crippen LogP contribution in [-0.4, -0.2) is 60.2 Å². The Kier molecular flexibility index (Phi) is 8.48. The molecule has 0 radical (unpaired) electrons. The first-order valence-corrected chi connectivity index (χ1v) is 16.4. The van der Waals surface area contributed by atoms with E-state index in [1.54, 1.807) is 24.3 Å². The van der Waals surface area contributed by atoms with Crippen LogP contribution in [-0.2, 0) is 29.9 Å². The largest absolute Gasteiger partial charge is 0.243 e. The van der Waals surface area contributed by atoms with Crippen molar-refractivity contribution in [1.29, 1.82) is 0 Å². The van der Waals surface area contributed by atoms with Crippen molar-refractivity contribution in [3.05, 3.63) is 59.7 Å². The molecule has 1 heterocycles. The Morgan fingerprint density at radius 3 is 1.77 bits per heavy atom. The second-order valence-corrected chi connectivity index (χ2v) is 15.4. The van der Waals surface area contributed by atoms with Crippen LogP contribution >= 0.6 is 0 Å². The fraction of sp³-hybridized carbons (Fsp3) is 0.500. The fourth-order valence-electron chi connectivity index (χ4n) is 4.07. The third kappa shape index (κ3) is 6.71. The minimum absolute atomic E-state index is 0.0540. The molecule has 2 aromatic carbocycles. The smallest absolute Gasteiger partial charge is 0.229 e. The normalized spacial score (nSPS) is 18.5. The number of sulfone groups is 1. The molecule has 8 nitrogen and oxygen atoms in total. The highest BCUT2D eigenvalue weighted by molar-refractivity contribution is 7.92. The van der Waals surface area contributed by atoms with Crippen molar-refractivity contribution in [2.24, 2.45) is 0 Å². The predicted octanol–water partition coefficient (Wildman–Crippen LogP) is 3.09. The van der Waals surface area contributed by atoms with E-state index >= 15 is 0 Å². The van der Waals surface area contributed by atoms with Gasteiger partial charge in [-0.15, -0.1) is 0 Å². The van der Waals surface area contributed by atoms with Gasteiger partial charge in [0.25, 0.3) is 0 Å². The van der Waals surface area contributed by atoms with Crippen molar-refractivity contribution < 1.29 is 25.3 Å². The van der Waals surface area contributed by atoms with E-state index in [1.165, 1.54) is 24.3 Å². The summed E-state index contributed by atoms with van der Waals surface area (Å²) in [7, 11) is -11.3. The van der Waals surface area contributed by atoms with Gasteiger partial charge in [0.2, 0.25) is 20.0 Å². The molecule has 11 heteroatoms. The molecule has 1 fully saturated rings. The number of sulfonamides is 2. The molecular weight excluding hydrogens is 508 g/mol. The Morgan fingerprint density at radius 1 is 0.857 bits per heavy atom. The minimum Gasteiger partial charge on any atom is -0.229 e. The highest BCUT2D eigenvalue weighted by Crippen LogP contribution is 2.26. The molecule has 0 amide bonds. The average molecular weight is 543 g/mol. The van der Waals surface area contributed by atoms with Crippen LogP contribution in [0.5, 0.6) is 0 Å². The van der Waals surface area contributed by atoms with E-state index in [9.17, 15) is 25.3 Å². The van der Waals surface area contributed by atoms with Gasteiger partial charge in [-0.25, -0.2) is 30.0 Å². The monoisotopic (exact) mass is 542 g/mol. The lowest BCUT2D eigenvalue weighted by molar-refractivity contribution is 0.343. The Labute approximate surface area is 209 Å². The first-order valence-electron chi connectivity index (χ1n) is 11.6. The van der Waals surface area contributed by atoms with Gasteiger partial charge in [0.1, 0.15) is 0 Å². The van der Waals surface area contributed by atoms with E-state index in [-0.39, 0.29) is 52.6 Å². The standard InChI is InChI=1S/C24H34N2O6S3/c1-18(2)20-5-9-23(10-6-20)34(29,30)25-14-15-26(22-13-16-33(27,28)17-22)35(31,32)24-11-7-21(8-12-24)19(3)4/h5-12,18-19,22,25H,13-17H2,1-4H3/t22-/m1/s1. The lowest BCUT2D eigenvalue weighted by Crippen LogP contribution is -2.45. The van der Waals surface area contributed by atoms with Crippen LogP contribution in [0.3, 0.4) is 0 Å². The SMILES string of the molecule is CC(C)c1ccc(S(=O)(=O)NCCN([C@@H]2CCS(=O)(=O)C2)S(=O)(=O)c2ccc(C(C)C)cc2)cc1. The van der Waals surface area contributed by atoms with Crippen LogP contribution < -0.4 is 4.72 Å². The molecule has 0 unspecified atom stereocenters. The van der Waals surface area contributed by atoms with Crippen LogP contribution in [0, 0.1) is 0 Å². The summed E-state index contributed by atoms with van der Waals surface area (Å²) in [6, 6.07) is 12.3. The van der Waals surface area contributed by atoms with Gasteiger partial charge in [0.05, 0.1) is 21.3 Å². The van der Waals surface area contributed by atoms with Crippen LogP contribution in [0.15, 0.2) is 58.3 Å². The van der Waals surface area contributed by atoms with E-state index in [0.717, 1.165) is 15.4 Å². The lowest BCUT2D eigenvalue weighted by atomic mass is 10.0. The zero-order valence-electron chi connectivity index (χ0n) is 20.5. The van der Waals surface area contributed by atoms with Gasteiger partial charge in [0, 0.05) is 19.1 Å². The molecule has 1 aliphatic rings. The summed E-state index contributed by atoms with van der Waals surface area (Å²) in [6.45, 7) is 7.65. The number of benzene rings is 2.